The van der Waals surface area contributed by atoms with E-state index in [0.29, 0.717) is 5.69 Å². The van der Waals surface area contributed by atoms with Crippen LogP contribution in [0.15, 0.2) is 30.3 Å². The third-order valence-corrected chi connectivity index (χ3v) is 3.10. The molecule has 0 saturated heterocycles. The van der Waals surface area contributed by atoms with Crippen molar-refractivity contribution in [1.82, 2.24) is 9.78 Å². The third-order valence-electron chi connectivity index (χ3n) is 2.75. The summed E-state index contributed by atoms with van der Waals surface area (Å²) >= 11 is 6.18. The zero-order chi connectivity index (χ0) is 14.2. The highest BCUT2D eigenvalue weighted by molar-refractivity contribution is 6.33. The summed E-state index contributed by atoms with van der Waals surface area (Å²) in [4.78, 5) is 11.4. The Labute approximate surface area is 116 Å². The molecular formula is C14H15ClN2O2. The molecule has 0 fully saturated rings. The number of rotatable bonds is 2. The zero-order valence-corrected chi connectivity index (χ0v) is 11.8. The van der Waals surface area contributed by atoms with E-state index >= 15 is 0 Å². The third kappa shape index (κ3) is 2.49. The van der Waals surface area contributed by atoms with Crippen molar-refractivity contribution in [2.24, 2.45) is 0 Å². The quantitative estimate of drug-likeness (QED) is 0.914. The van der Waals surface area contributed by atoms with Crippen molar-refractivity contribution < 1.29 is 9.90 Å². The van der Waals surface area contributed by atoms with E-state index in [2.05, 4.69) is 5.10 Å². The van der Waals surface area contributed by atoms with E-state index in [1.165, 1.54) is 4.68 Å². The lowest BCUT2D eigenvalue weighted by Gasteiger charge is -2.15. The molecule has 5 heteroatoms. The minimum atomic E-state index is -1.06. The first-order chi connectivity index (χ1) is 8.82. The molecule has 0 atom stereocenters. The minimum absolute atomic E-state index is 0.0676. The van der Waals surface area contributed by atoms with Gasteiger partial charge in [-0.3, -0.25) is 0 Å². The second-order valence-electron chi connectivity index (χ2n) is 5.32. The van der Waals surface area contributed by atoms with Gasteiger partial charge in [0, 0.05) is 5.41 Å². The number of benzene rings is 1. The Balaban J connectivity index is 2.70. The van der Waals surface area contributed by atoms with Crippen LogP contribution >= 0.6 is 11.6 Å². The number of para-hydroxylation sites is 1. The topological polar surface area (TPSA) is 55.1 Å². The second kappa shape index (κ2) is 4.70. The van der Waals surface area contributed by atoms with Gasteiger partial charge in [0.2, 0.25) is 0 Å². The molecule has 0 amide bonds. The minimum Gasteiger partial charge on any atom is -0.478 e. The van der Waals surface area contributed by atoms with Gasteiger partial charge < -0.3 is 5.11 Å². The molecule has 2 aromatic rings. The molecule has 0 radical (unpaired) electrons. The van der Waals surface area contributed by atoms with Gasteiger partial charge >= 0.3 is 5.97 Å². The van der Waals surface area contributed by atoms with Crippen LogP contribution in [-0.2, 0) is 5.41 Å². The first kappa shape index (κ1) is 13.6. The van der Waals surface area contributed by atoms with E-state index in [1.807, 2.05) is 51.1 Å². The number of halogens is 1. The Bertz CT molecular complexity index is 612. The molecule has 0 aliphatic heterocycles. The Hall–Kier alpha value is -1.81. The predicted octanol–water partition coefficient (Wildman–Crippen LogP) is 3.52. The molecule has 0 bridgehead atoms. The molecule has 4 nitrogen and oxygen atoms in total. The lowest BCUT2D eigenvalue weighted by molar-refractivity contribution is 0.0694. The smallest absolute Gasteiger partial charge is 0.340 e. The highest BCUT2D eigenvalue weighted by Crippen LogP contribution is 2.31. The average molecular weight is 279 g/mol. The van der Waals surface area contributed by atoms with Gasteiger partial charge in [0.25, 0.3) is 0 Å². The van der Waals surface area contributed by atoms with E-state index < -0.39 is 11.4 Å². The Morgan fingerprint density at radius 3 is 2.26 bits per heavy atom. The summed E-state index contributed by atoms with van der Waals surface area (Å²) in [6.07, 6.45) is 0. The van der Waals surface area contributed by atoms with E-state index in [-0.39, 0.29) is 10.7 Å². The number of nitrogens with zero attached hydrogens (tertiary/aromatic N) is 2. The normalized spacial score (nSPS) is 11.6. The van der Waals surface area contributed by atoms with Crippen molar-refractivity contribution in [3.05, 3.63) is 46.7 Å². The largest absolute Gasteiger partial charge is 0.478 e. The number of aromatic carboxylic acids is 1. The van der Waals surface area contributed by atoms with Gasteiger partial charge in [-0.05, 0) is 12.1 Å². The Morgan fingerprint density at radius 1 is 1.26 bits per heavy atom. The van der Waals surface area contributed by atoms with Gasteiger partial charge in [0.1, 0.15) is 10.7 Å². The van der Waals surface area contributed by atoms with E-state index in [4.69, 9.17) is 11.6 Å². The average Bonchev–Trinajstić information content (AvgIpc) is 2.68. The van der Waals surface area contributed by atoms with Crippen LogP contribution in [0.4, 0.5) is 0 Å². The molecule has 0 unspecified atom stereocenters. The van der Waals surface area contributed by atoms with E-state index in [0.717, 1.165) is 5.69 Å². The zero-order valence-electron chi connectivity index (χ0n) is 11.0. The van der Waals surface area contributed by atoms with Crippen molar-refractivity contribution in [3.8, 4) is 5.69 Å². The fraction of sp³-hybridized carbons (Fsp3) is 0.286. The first-order valence-corrected chi connectivity index (χ1v) is 6.28. The monoisotopic (exact) mass is 278 g/mol. The van der Waals surface area contributed by atoms with Crippen LogP contribution in [0.3, 0.4) is 0 Å². The van der Waals surface area contributed by atoms with Gasteiger partial charge in [-0.2, -0.15) is 5.10 Å². The molecule has 2 rings (SSSR count). The van der Waals surface area contributed by atoms with Gasteiger partial charge in [-0.1, -0.05) is 50.6 Å². The second-order valence-corrected chi connectivity index (χ2v) is 5.67. The Morgan fingerprint density at radius 2 is 1.84 bits per heavy atom. The molecule has 0 aliphatic rings. The maximum atomic E-state index is 11.4. The first-order valence-electron chi connectivity index (χ1n) is 5.90. The fourth-order valence-corrected chi connectivity index (χ4v) is 2.16. The summed E-state index contributed by atoms with van der Waals surface area (Å²) in [6, 6.07) is 9.24. The van der Waals surface area contributed by atoms with Crippen molar-refractivity contribution >= 4 is 17.6 Å². The molecule has 1 N–H and O–H groups in total. The summed E-state index contributed by atoms with van der Waals surface area (Å²) in [7, 11) is 0. The predicted molar refractivity (Wildman–Crippen MR) is 74.2 cm³/mol. The van der Waals surface area contributed by atoms with Crippen LogP contribution in [0.5, 0.6) is 0 Å². The number of hydrogen-bond donors (Lipinski definition) is 1. The van der Waals surface area contributed by atoms with Crippen LogP contribution in [0, 0.1) is 0 Å². The molecular weight excluding hydrogens is 264 g/mol. The highest BCUT2D eigenvalue weighted by atomic mass is 35.5. The summed E-state index contributed by atoms with van der Waals surface area (Å²) in [5.41, 5.74) is 0.898. The van der Waals surface area contributed by atoms with E-state index in [1.54, 1.807) is 0 Å². The fourth-order valence-electron chi connectivity index (χ4n) is 1.85. The maximum Gasteiger partial charge on any atom is 0.340 e. The van der Waals surface area contributed by atoms with Crippen LogP contribution < -0.4 is 0 Å². The van der Waals surface area contributed by atoms with E-state index in [9.17, 15) is 9.90 Å². The van der Waals surface area contributed by atoms with Crippen molar-refractivity contribution in [3.63, 3.8) is 0 Å². The molecule has 0 aliphatic carbocycles. The van der Waals surface area contributed by atoms with Crippen LogP contribution in [0.25, 0.3) is 5.69 Å². The maximum absolute atomic E-state index is 11.4. The van der Waals surface area contributed by atoms with Crippen LogP contribution in [0.2, 0.25) is 5.15 Å². The molecule has 100 valence electrons. The van der Waals surface area contributed by atoms with Crippen LogP contribution in [-0.4, -0.2) is 20.9 Å². The Kier molecular flexibility index (Phi) is 3.37. The molecule has 0 spiro atoms. The van der Waals surface area contributed by atoms with Crippen molar-refractivity contribution in [2.45, 2.75) is 26.2 Å². The van der Waals surface area contributed by atoms with Crippen molar-refractivity contribution in [2.75, 3.05) is 0 Å². The number of hydrogen-bond acceptors (Lipinski definition) is 2. The molecule has 1 heterocycles. The lowest BCUT2D eigenvalue weighted by Crippen LogP contribution is -2.16. The summed E-state index contributed by atoms with van der Waals surface area (Å²) in [5, 5.41) is 13.8. The summed E-state index contributed by atoms with van der Waals surface area (Å²) in [5.74, 6) is -1.06. The lowest BCUT2D eigenvalue weighted by atomic mass is 9.89. The van der Waals surface area contributed by atoms with Crippen molar-refractivity contribution in [1.29, 1.82) is 0 Å². The van der Waals surface area contributed by atoms with Gasteiger partial charge in [-0.25, -0.2) is 9.48 Å². The molecule has 1 aromatic heterocycles. The highest BCUT2D eigenvalue weighted by Gasteiger charge is 2.30. The SMILES string of the molecule is CC(C)(C)c1nn(-c2ccccc2)c(Cl)c1C(=O)O. The molecule has 1 aromatic carbocycles. The number of aromatic nitrogens is 2. The number of carbonyl (C=O) groups is 1. The molecule has 0 saturated carbocycles. The molecule has 19 heavy (non-hydrogen) atoms. The van der Waals surface area contributed by atoms with Gasteiger partial charge in [0.15, 0.2) is 0 Å². The van der Waals surface area contributed by atoms with Gasteiger partial charge in [-0.15, -0.1) is 0 Å². The summed E-state index contributed by atoms with van der Waals surface area (Å²) < 4.78 is 1.46. The van der Waals surface area contributed by atoms with Gasteiger partial charge in [0.05, 0.1) is 11.4 Å². The number of carboxylic acid groups (broad SMARTS) is 1. The van der Waals surface area contributed by atoms with Crippen LogP contribution in [0.1, 0.15) is 36.8 Å². The number of carboxylic acids is 1. The summed E-state index contributed by atoms with van der Waals surface area (Å²) in [6.45, 7) is 5.73. The standard InChI is InChI=1S/C14H15ClN2O2/c1-14(2,3)11-10(13(18)19)12(15)17(16-11)9-7-5-4-6-8-9/h4-8H,1-3H3,(H,18,19).